The van der Waals surface area contributed by atoms with Gasteiger partial charge in [-0.15, -0.1) is 0 Å². The van der Waals surface area contributed by atoms with Crippen molar-refractivity contribution in [1.29, 1.82) is 0 Å². The number of benzene rings is 1. The zero-order chi connectivity index (χ0) is 14.3. The van der Waals surface area contributed by atoms with Gasteiger partial charge in [0.1, 0.15) is 0 Å². The molecule has 3 rings (SSSR count). The largest absolute Gasteiger partial charge is 0.307 e. The average Bonchev–Trinajstić information content (AvgIpc) is 2.79. The van der Waals surface area contributed by atoms with Gasteiger partial charge in [0.25, 0.3) is 5.91 Å². The normalized spacial score (nSPS) is 14.3. The maximum absolute atomic E-state index is 12.7. The molecule has 0 bridgehead atoms. The highest BCUT2D eigenvalue weighted by Gasteiger charge is 2.29. The van der Waals surface area contributed by atoms with E-state index in [0.717, 1.165) is 5.69 Å². The topological polar surface area (TPSA) is 55.2 Å². The number of hydrogen-bond donors (Lipinski definition) is 0. The molecule has 5 heteroatoms. The Morgan fingerprint density at radius 3 is 2.75 bits per heavy atom. The summed E-state index contributed by atoms with van der Waals surface area (Å²) < 4.78 is 1.67. The molecule has 0 saturated carbocycles. The van der Waals surface area contributed by atoms with Gasteiger partial charge < -0.3 is 4.90 Å². The predicted octanol–water partition coefficient (Wildman–Crippen LogP) is 1.96. The minimum absolute atomic E-state index is 0.0903. The summed E-state index contributed by atoms with van der Waals surface area (Å²) in [4.78, 5) is 26.2. The van der Waals surface area contributed by atoms with E-state index in [4.69, 9.17) is 0 Å². The average molecular weight is 269 g/mol. The van der Waals surface area contributed by atoms with E-state index < -0.39 is 0 Å². The fraction of sp³-hybridized carbons (Fsp3) is 0.267. The molecule has 1 aromatic heterocycles. The van der Waals surface area contributed by atoms with Gasteiger partial charge >= 0.3 is 0 Å². The summed E-state index contributed by atoms with van der Waals surface area (Å²) in [6.45, 7) is 2.28. The number of carbonyl (C=O) groups is 2. The molecule has 2 heterocycles. The Morgan fingerprint density at radius 2 is 2.05 bits per heavy atom. The molecule has 0 fully saturated rings. The maximum atomic E-state index is 12.7. The standard InChI is InChI=1S/C15H15N3O2/c1-10-12(9-16-17(10)2)15(20)18-8-7-14(19)11-5-3-4-6-13(11)18/h3-6,9H,7-8H2,1-2H3. The van der Waals surface area contributed by atoms with Crippen LogP contribution < -0.4 is 4.90 Å². The highest BCUT2D eigenvalue weighted by Crippen LogP contribution is 2.28. The number of ketones is 1. The molecule has 0 radical (unpaired) electrons. The molecule has 0 aliphatic carbocycles. The van der Waals surface area contributed by atoms with Gasteiger partial charge in [0.2, 0.25) is 0 Å². The lowest BCUT2D eigenvalue weighted by molar-refractivity contribution is 0.0955. The number of aromatic nitrogens is 2. The first-order valence-electron chi connectivity index (χ1n) is 6.52. The van der Waals surface area contributed by atoms with Crippen molar-refractivity contribution in [1.82, 2.24) is 9.78 Å². The Bertz CT molecular complexity index is 703. The van der Waals surface area contributed by atoms with Gasteiger partial charge in [-0.25, -0.2) is 0 Å². The molecule has 0 unspecified atom stereocenters. The Morgan fingerprint density at radius 1 is 1.30 bits per heavy atom. The van der Waals surface area contributed by atoms with Crippen LogP contribution in [0.25, 0.3) is 0 Å². The van der Waals surface area contributed by atoms with Gasteiger partial charge in [0, 0.05) is 31.3 Å². The molecule has 2 aromatic rings. The first-order chi connectivity index (χ1) is 9.59. The number of para-hydroxylation sites is 1. The molecule has 102 valence electrons. The molecule has 0 N–H and O–H groups in total. The fourth-order valence-electron chi connectivity index (χ4n) is 2.48. The van der Waals surface area contributed by atoms with Crippen LogP contribution in [0, 0.1) is 6.92 Å². The minimum atomic E-state index is -0.101. The Labute approximate surface area is 116 Å². The first kappa shape index (κ1) is 12.6. The molecule has 1 amide bonds. The smallest absolute Gasteiger partial charge is 0.261 e. The van der Waals surface area contributed by atoms with Crippen LogP contribution in [0.15, 0.2) is 30.5 Å². The number of amides is 1. The Kier molecular flexibility index (Phi) is 2.89. The van der Waals surface area contributed by atoms with Crippen LogP contribution in [-0.2, 0) is 7.05 Å². The van der Waals surface area contributed by atoms with E-state index in [-0.39, 0.29) is 11.7 Å². The summed E-state index contributed by atoms with van der Waals surface area (Å²) in [5.41, 5.74) is 2.71. The summed E-state index contributed by atoms with van der Waals surface area (Å²) in [6.07, 6.45) is 1.94. The van der Waals surface area contributed by atoms with Crippen LogP contribution in [-0.4, -0.2) is 28.0 Å². The van der Waals surface area contributed by atoms with E-state index in [0.29, 0.717) is 29.8 Å². The first-order valence-corrected chi connectivity index (χ1v) is 6.52. The van der Waals surface area contributed by atoms with Crippen molar-refractivity contribution in [2.24, 2.45) is 7.05 Å². The summed E-state index contributed by atoms with van der Waals surface area (Å²) in [5, 5.41) is 4.11. The van der Waals surface area contributed by atoms with E-state index in [1.165, 1.54) is 0 Å². The SMILES string of the molecule is Cc1c(C(=O)N2CCC(=O)c3ccccc32)cnn1C. The van der Waals surface area contributed by atoms with E-state index in [1.807, 2.05) is 25.1 Å². The zero-order valence-electron chi connectivity index (χ0n) is 11.5. The molecular formula is C15H15N3O2. The van der Waals surface area contributed by atoms with E-state index >= 15 is 0 Å². The molecule has 1 aliphatic heterocycles. The van der Waals surface area contributed by atoms with E-state index in [1.54, 1.807) is 28.9 Å². The van der Waals surface area contributed by atoms with Crippen LogP contribution in [0.2, 0.25) is 0 Å². The van der Waals surface area contributed by atoms with Crippen molar-refractivity contribution >= 4 is 17.4 Å². The number of anilines is 1. The van der Waals surface area contributed by atoms with Crippen LogP contribution in [0.5, 0.6) is 0 Å². The molecule has 20 heavy (non-hydrogen) atoms. The molecule has 5 nitrogen and oxygen atoms in total. The molecule has 0 saturated heterocycles. The van der Waals surface area contributed by atoms with Crippen LogP contribution >= 0.6 is 0 Å². The summed E-state index contributed by atoms with van der Waals surface area (Å²) >= 11 is 0. The van der Waals surface area contributed by atoms with E-state index in [9.17, 15) is 9.59 Å². The lowest BCUT2D eigenvalue weighted by atomic mass is 9.99. The maximum Gasteiger partial charge on any atom is 0.261 e. The van der Waals surface area contributed by atoms with Crippen molar-refractivity contribution in [3.05, 3.63) is 47.3 Å². The number of nitrogens with zero attached hydrogens (tertiary/aromatic N) is 3. The Hall–Kier alpha value is -2.43. The highest BCUT2D eigenvalue weighted by atomic mass is 16.2. The third kappa shape index (κ3) is 1.82. The van der Waals surface area contributed by atoms with Crippen molar-refractivity contribution < 1.29 is 9.59 Å². The van der Waals surface area contributed by atoms with Crippen LogP contribution in [0.4, 0.5) is 5.69 Å². The third-order valence-electron chi connectivity index (χ3n) is 3.77. The highest BCUT2D eigenvalue weighted by molar-refractivity contribution is 6.13. The van der Waals surface area contributed by atoms with Gasteiger partial charge in [-0.05, 0) is 19.1 Å². The number of hydrogen-bond acceptors (Lipinski definition) is 3. The minimum Gasteiger partial charge on any atom is -0.307 e. The summed E-state index contributed by atoms with van der Waals surface area (Å²) in [5.74, 6) is -0.0110. The molecule has 0 spiro atoms. The number of rotatable bonds is 1. The number of fused-ring (bicyclic) bond motifs is 1. The number of aryl methyl sites for hydroxylation is 1. The van der Waals surface area contributed by atoms with E-state index in [2.05, 4.69) is 5.10 Å². The monoisotopic (exact) mass is 269 g/mol. The zero-order valence-corrected chi connectivity index (χ0v) is 11.5. The van der Waals surface area contributed by atoms with Crippen LogP contribution in [0.3, 0.4) is 0 Å². The second kappa shape index (κ2) is 4.59. The molecule has 1 aliphatic rings. The van der Waals surface area contributed by atoms with Gasteiger partial charge in [-0.2, -0.15) is 5.10 Å². The summed E-state index contributed by atoms with van der Waals surface area (Å²) in [6, 6.07) is 7.25. The molecular weight excluding hydrogens is 254 g/mol. The van der Waals surface area contributed by atoms with Crippen molar-refractivity contribution in [2.45, 2.75) is 13.3 Å². The number of carbonyl (C=O) groups excluding carboxylic acids is 2. The van der Waals surface area contributed by atoms with Crippen LogP contribution in [0.1, 0.15) is 32.8 Å². The second-order valence-corrected chi connectivity index (χ2v) is 4.91. The van der Waals surface area contributed by atoms with Gasteiger partial charge in [-0.1, -0.05) is 12.1 Å². The van der Waals surface area contributed by atoms with Crippen molar-refractivity contribution in [3.8, 4) is 0 Å². The van der Waals surface area contributed by atoms with Gasteiger partial charge in [0.15, 0.2) is 5.78 Å². The van der Waals surface area contributed by atoms with Crippen molar-refractivity contribution in [2.75, 3.05) is 11.4 Å². The molecule has 0 atom stereocenters. The van der Waals surface area contributed by atoms with Gasteiger partial charge in [0.05, 0.1) is 17.4 Å². The second-order valence-electron chi connectivity index (χ2n) is 4.91. The summed E-state index contributed by atoms with van der Waals surface area (Å²) in [7, 11) is 1.81. The predicted molar refractivity (Wildman–Crippen MR) is 75.0 cm³/mol. The third-order valence-corrected chi connectivity index (χ3v) is 3.77. The Balaban J connectivity index is 2.04. The lowest BCUT2D eigenvalue weighted by Gasteiger charge is -2.28. The quantitative estimate of drug-likeness (QED) is 0.795. The lowest BCUT2D eigenvalue weighted by Crippen LogP contribution is -2.37. The fourth-order valence-corrected chi connectivity index (χ4v) is 2.48. The van der Waals surface area contributed by atoms with Gasteiger partial charge in [-0.3, -0.25) is 14.3 Å². The molecule has 1 aromatic carbocycles. The number of Topliss-reactive ketones (excluding diaryl/α,β-unsaturated/α-hetero) is 1. The van der Waals surface area contributed by atoms with Crippen molar-refractivity contribution in [3.63, 3.8) is 0 Å².